The second kappa shape index (κ2) is 5.18. The lowest BCUT2D eigenvalue weighted by molar-refractivity contribution is 0.0947. The molecule has 18 heavy (non-hydrogen) atoms. The molecular formula is C13H12N2O3. The first-order chi connectivity index (χ1) is 8.68. The van der Waals surface area contributed by atoms with Gasteiger partial charge in [-0.15, -0.1) is 0 Å². The summed E-state index contributed by atoms with van der Waals surface area (Å²) in [5.41, 5.74) is 0.893. The Hall–Kier alpha value is -2.56. The van der Waals surface area contributed by atoms with Crippen LogP contribution in [-0.2, 0) is 6.54 Å². The lowest BCUT2D eigenvalue weighted by atomic mass is 10.1. The number of aromatic hydroxyl groups is 2. The summed E-state index contributed by atoms with van der Waals surface area (Å²) < 4.78 is 0. The zero-order chi connectivity index (χ0) is 13.0. The Balaban J connectivity index is 2.07. The minimum absolute atomic E-state index is 0.0406. The monoisotopic (exact) mass is 244 g/mol. The molecule has 0 atom stereocenters. The molecule has 0 saturated carbocycles. The molecule has 3 N–H and O–H groups in total. The van der Waals surface area contributed by atoms with Gasteiger partial charge in [0.1, 0.15) is 0 Å². The van der Waals surface area contributed by atoms with Crippen molar-refractivity contribution >= 4 is 5.91 Å². The molecule has 0 unspecified atom stereocenters. The standard InChI is InChI=1S/C13H12N2O3/c16-11-5-1-4-10(12(11)17)13(18)15-8-9-3-2-6-14-7-9/h1-7,16-17H,8H2,(H,15,18). The zero-order valence-corrected chi connectivity index (χ0v) is 9.50. The van der Waals surface area contributed by atoms with Gasteiger partial charge in [-0.05, 0) is 23.8 Å². The number of benzene rings is 1. The normalized spacial score (nSPS) is 10.0. The van der Waals surface area contributed by atoms with Crippen LogP contribution in [0.25, 0.3) is 0 Å². The molecular weight excluding hydrogens is 232 g/mol. The number of pyridine rings is 1. The molecule has 2 rings (SSSR count). The summed E-state index contributed by atoms with van der Waals surface area (Å²) >= 11 is 0. The number of hydrogen-bond acceptors (Lipinski definition) is 4. The maximum atomic E-state index is 11.8. The van der Waals surface area contributed by atoms with E-state index in [9.17, 15) is 15.0 Å². The highest BCUT2D eigenvalue weighted by Crippen LogP contribution is 2.27. The van der Waals surface area contributed by atoms with E-state index in [2.05, 4.69) is 10.3 Å². The first kappa shape index (κ1) is 11.9. The van der Waals surface area contributed by atoms with Gasteiger partial charge in [-0.25, -0.2) is 0 Å². The molecule has 0 aliphatic heterocycles. The van der Waals surface area contributed by atoms with Gasteiger partial charge < -0.3 is 15.5 Å². The maximum Gasteiger partial charge on any atom is 0.255 e. The lowest BCUT2D eigenvalue weighted by Gasteiger charge is -2.07. The van der Waals surface area contributed by atoms with E-state index in [0.29, 0.717) is 6.54 Å². The summed E-state index contributed by atoms with van der Waals surface area (Å²) in [5.74, 6) is -1.18. The van der Waals surface area contributed by atoms with Crippen molar-refractivity contribution in [3.05, 3.63) is 53.9 Å². The van der Waals surface area contributed by atoms with Gasteiger partial charge in [-0.1, -0.05) is 12.1 Å². The zero-order valence-electron chi connectivity index (χ0n) is 9.50. The van der Waals surface area contributed by atoms with Gasteiger partial charge in [-0.2, -0.15) is 0 Å². The molecule has 5 heteroatoms. The molecule has 0 aliphatic rings. The topological polar surface area (TPSA) is 82.5 Å². The van der Waals surface area contributed by atoms with E-state index in [1.54, 1.807) is 18.5 Å². The van der Waals surface area contributed by atoms with Crippen molar-refractivity contribution in [3.8, 4) is 11.5 Å². The lowest BCUT2D eigenvalue weighted by Crippen LogP contribution is -2.22. The Bertz CT molecular complexity index is 555. The third-order valence-corrected chi connectivity index (χ3v) is 2.44. The predicted octanol–water partition coefficient (Wildman–Crippen LogP) is 1.42. The van der Waals surface area contributed by atoms with E-state index < -0.39 is 11.7 Å². The molecule has 0 radical (unpaired) electrons. The van der Waals surface area contributed by atoms with Gasteiger partial charge in [0.15, 0.2) is 11.5 Å². The van der Waals surface area contributed by atoms with Crippen LogP contribution < -0.4 is 5.32 Å². The van der Waals surface area contributed by atoms with Crippen LogP contribution in [0, 0.1) is 0 Å². The number of phenolic OH excluding ortho intramolecular Hbond substituents is 2. The highest BCUT2D eigenvalue weighted by atomic mass is 16.3. The molecule has 0 saturated heterocycles. The Labute approximate surface area is 104 Å². The van der Waals surface area contributed by atoms with Crippen LogP contribution in [-0.4, -0.2) is 21.1 Å². The fraction of sp³-hybridized carbons (Fsp3) is 0.0769. The van der Waals surface area contributed by atoms with Crippen LogP contribution in [0.4, 0.5) is 0 Å². The molecule has 0 fully saturated rings. The number of carbonyl (C=O) groups is 1. The summed E-state index contributed by atoms with van der Waals surface area (Å²) in [7, 11) is 0. The molecule has 0 aliphatic carbocycles. The van der Waals surface area contributed by atoms with Crippen LogP contribution in [0.3, 0.4) is 0 Å². The van der Waals surface area contributed by atoms with E-state index in [-0.39, 0.29) is 11.3 Å². The first-order valence-corrected chi connectivity index (χ1v) is 5.36. The van der Waals surface area contributed by atoms with Crippen molar-refractivity contribution in [1.82, 2.24) is 10.3 Å². The minimum Gasteiger partial charge on any atom is -0.504 e. The average molecular weight is 244 g/mol. The third-order valence-electron chi connectivity index (χ3n) is 2.44. The quantitative estimate of drug-likeness (QED) is 0.713. The fourth-order valence-electron chi connectivity index (χ4n) is 1.49. The van der Waals surface area contributed by atoms with E-state index in [1.807, 2.05) is 6.07 Å². The Morgan fingerprint density at radius 2 is 2.06 bits per heavy atom. The number of nitrogens with zero attached hydrogens (tertiary/aromatic N) is 1. The summed E-state index contributed by atoms with van der Waals surface area (Å²) in [6.07, 6.45) is 3.29. The molecule has 0 bridgehead atoms. The summed E-state index contributed by atoms with van der Waals surface area (Å²) in [5, 5.41) is 21.5. The number of rotatable bonds is 3. The second-order valence-corrected chi connectivity index (χ2v) is 3.72. The molecule has 1 amide bonds. The summed E-state index contributed by atoms with van der Waals surface area (Å²) in [4.78, 5) is 15.7. The van der Waals surface area contributed by atoms with Crippen LogP contribution >= 0.6 is 0 Å². The predicted molar refractivity (Wildman–Crippen MR) is 65.2 cm³/mol. The Morgan fingerprint density at radius 3 is 2.78 bits per heavy atom. The Morgan fingerprint density at radius 1 is 1.22 bits per heavy atom. The first-order valence-electron chi connectivity index (χ1n) is 5.36. The summed E-state index contributed by atoms with van der Waals surface area (Å²) in [6, 6.07) is 7.85. The van der Waals surface area contributed by atoms with E-state index in [4.69, 9.17) is 0 Å². The smallest absolute Gasteiger partial charge is 0.255 e. The molecule has 1 aromatic carbocycles. The number of amides is 1. The van der Waals surface area contributed by atoms with Gasteiger partial charge in [0, 0.05) is 18.9 Å². The van der Waals surface area contributed by atoms with Crippen molar-refractivity contribution in [1.29, 1.82) is 0 Å². The largest absolute Gasteiger partial charge is 0.504 e. The molecule has 5 nitrogen and oxygen atoms in total. The SMILES string of the molecule is O=C(NCc1cccnc1)c1cccc(O)c1O. The van der Waals surface area contributed by atoms with Gasteiger partial charge in [0.2, 0.25) is 0 Å². The Kier molecular flexibility index (Phi) is 3.43. The number of aromatic nitrogens is 1. The highest BCUT2D eigenvalue weighted by molar-refractivity contribution is 5.97. The van der Waals surface area contributed by atoms with Gasteiger partial charge in [0.25, 0.3) is 5.91 Å². The fourth-order valence-corrected chi connectivity index (χ4v) is 1.49. The molecule has 92 valence electrons. The molecule has 1 aromatic heterocycles. The number of hydrogen-bond donors (Lipinski definition) is 3. The van der Waals surface area contributed by atoms with Crippen LogP contribution in [0.5, 0.6) is 11.5 Å². The van der Waals surface area contributed by atoms with Crippen molar-refractivity contribution in [2.75, 3.05) is 0 Å². The average Bonchev–Trinajstić information content (AvgIpc) is 2.40. The van der Waals surface area contributed by atoms with Crippen molar-refractivity contribution in [3.63, 3.8) is 0 Å². The van der Waals surface area contributed by atoms with E-state index in [0.717, 1.165) is 5.56 Å². The van der Waals surface area contributed by atoms with Crippen molar-refractivity contribution in [2.45, 2.75) is 6.54 Å². The number of para-hydroxylation sites is 1. The number of carbonyl (C=O) groups excluding carboxylic acids is 1. The van der Waals surface area contributed by atoms with Crippen molar-refractivity contribution < 1.29 is 15.0 Å². The van der Waals surface area contributed by atoms with Crippen LogP contribution in [0.2, 0.25) is 0 Å². The molecule has 2 aromatic rings. The van der Waals surface area contributed by atoms with E-state index in [1.165, 1.54) is 18.2 Å². The maximum absolute atomic E-state index is 11.8. The van der Waals surface area contributed by atoms with Crippen LogP contribution in [0.1, 0.15) is 15.9 Å². The van der Waals surface area contributed by atoms with E-state index >= 15 is 0 Å². The molecule has 0 spiro atoms. The third kappa shape index (κ3) is 2.57. The summed E-state index contributed by atoms with van der Waals surface area (Å²) in [6.45, 7) is 0.307. The van der Waals surface area contributed by atoms with Crippen LogP contribution in [0.15, 0.2) is 42.7 Å². The number of phenols is 2. The van der Waals surface area contributed by atoms with Gasteiger partial charge in [-0.3, -0.25) is 9.78 Å². The van der Waals surface area contributed by atoms with Gasteiger partial charge >= 0.3 is 0 Å². The number of nitrogens with one attached hydrogen (secondary N) is 1. The minimum atomic E-state index is -0.452. The van der Waals surface area contributed by atoms with Crippen molar-refractivity contribution in [2.24, 2.45) is 0 Å². The highest BCUT2D eigenvalue weighted by Gasteiger charge is 2.13. The van der Waals surface area contributed by atoms with Gasteiger partial charge in [0.05, 0.1) is 5.56 Å². The molecule has 1 heterocycles. The second-order valence-electron chi connectivity index (χ2n) is 3.72.